The third kappa shape index (κ3) is 4.48. The number of hydrogen-bond acceptors (Lipinski definition) is 4. The lowest BCUT2D eigenvalue weighted by atomic mass is 9.88. The summed E-state index contributed by atoms with van der Waals surface area (Å²) < 4.78 is 26.5. The van der Waals surface area contributed by atoms with Crippen LogP contribution in [-0.4, -0.2) is 20.9 Å². The van der Waals surface area contributed by atoms with E-state index in [-0.39, 0.29) is 18.4 Å². The van der Waals surface area contributed by atoms with Gasteiger partial charge >= 0.3 is 0 Å². The molecular formula is C19H22ClNO3S2. The van der Waals surface area contributed by atoms with E-state index in [0.717, 1.165) is 25.7 Å². The standard InChI is InChI=1S/C19H22ClNO3S2/c20-16-10-8-14(9-11-16)17(26(23,24)18-7-4-12-25-18)13-21-19(22)15-5-2-1-3-6-15/h4,7-12,15,17H,1-3,5-6,13H2,(H,21,22)/t17-/m0/s1. The fraction of sp³-hybridized carbons (Fsp3) is 0.421. The molecular weight excluding hydrogens is 390 g/mol. The van der Waals surface area contributed by atoms with Crippen molar-refractivity contribution in [1.82, 2.24) is 5.32 Å². The highest BCUT2D eigenvalue weighted by molar-refractivity contribution is 7.93. The van der Waals surface area contributed by atoms with E-state index in [4.69, 9.17) is 11.6 Å². The van der Waals surface area contributed by atoms with E-state index in [9.17, 15) is 13.2 Å². The van der Waals surface area contributed by atoms with Gasteiger partial charge in [0.1, 0.15) is 9.46 Å². The summed E-state index contributed by atoms with van der Waals surface area (Å²) in [5, 5.41) is 4.35. The Morgan fingerprint density at radius 3 is 2.46 bits per heavy atom. The normalized spacial score (nSPS) is 17.0. The van der Waals surface area contributed by atoms with Crippen molar-refractivity contribution in [2.45, 2.75) is 41.6 Å². The zero-order valence-corrected chi connectivity index (χ0v) is 16.7. The quantitative estimate of drug-likeness (QED) is 0.754. The second-order valence-electron chi connectivity index (χ2n) is 6.60. The third-order valence-corrected chi connectivity index (χ3v) is 8.61. The van der Waals surface area contributed by atoms with Crippen LogP contribution in [0.5, 0.6) is 0 Å². The molecule has 3 rings (SSSR count). The van der Waals surface area contributed by atoms with Crippen molar-refractivity contribution in [1.29, 1.82) is 0 Å². The predicted molar refractivity (Wildman–Crippen MR) is 105 cm³/mol. The number of carbonyl (C=O) groups is 1. The molecule has 1 aromatic heterocycles. The number of benzene rings is 1. The lowest BCUT2D eigenvalue weighted by Gasteiger charge is -2.23. The lowest BCUT2D eigenvalue weighted by molar-refractivity contribution is -0.125. The molecule has 0 radical (unpaired) electrons. The molecule has 0 spiro atoms. The number of hydrogen-bond donors (Lipinski definition) is 1. The van der Waals surface area contributed by atoms with Crippen molar-refractivity contribution >= 4 is 38.7 Å². The topological polar surface area (TPSA) is 63.2 Å². The van der Waals surface area contributed by atoms with Gasteiger partial charge in [0.2, 0.25) is 5.91 Å². The summed E-state index contributed by atoms with van der Waals surface area (Å²) in [5.41, 5.74) is 0.631. The van der Waals surface area contributed by atoms with Crippen LogP contribution in [0.15, 0.2) is 46.0 Å². The summed E-state index contributed by atoms with van der Waals surface area (Å²) in [7, 11) is -3.59. The maximum Gasteiger partial charge on any atom is 0.223 e. The maximum absolute atomic E-state index is 13.1. The average molecular weight is 412 g/mol. The highest BCUT2D eigenvalue weighted by Gasteiger charge is 2.31. The number of nitrogens with one attached hydrogen (secondary N) is 1. The predicted octanol–water partition coefficient (Wildman–Crippen LogP) is 4.61. The highest BCUT2D eigenvalue weighted by atomic mass is 35.5. The number of halogens is 1. The fourth-order valence-electron chi connectivity index (χ4n) is 3.35. The molecule has 1 fully saturated rings. The first-order valence-electron chi connectivity index (χ1n) is 8.79. The Labute approximate surface area is 163 Å². The Morgan fingerprint density at radius 2 is 1.85 bits per heavy atom. The van der Waals surface area contributed by atoms with E-state index in [1.807, 2.05) is 0 Å². The van der Waals surface area contributed by atoms with Gasteiger partial charge in [0.15, 0.2) is 9.84 Å². The number of thiophene rings is 1. The molecule has 1 aliphatic carbocycles. The summed E-state index contributed by atoms with van der Waals surface area (Å²) in [5.74, 6) is -0.0379. The highest BCUT2D eigenvalue weighted by Crippen LogP contribution is 2.32. The van der Waals surface area contributed by atoms with Gasteiger partial charge in [-0.2, -0.15) is 0 Å². The first-order chi connectivity index (χ1) is 12.5. The Kier molecular flexibility index (Phi) is 6.37. The summed E-state index contributed by atoms with van der Waals surface area (Å²) >= 11 is 7.13. The molecule has 0 bridgehead atoms. The molecule has 2 aromatic rings. The molecule has 0 aliphatic heterocycles. The Morgan fingerprint density at radius 1 is 1.15 bits per heavy atom. The molecule has 1 N–H and O–H groups in total. The minimum absolute atomic E-state index is 0.000871. The van der Waals surface area contributed by atoms with Gasteiger partial charge in [0, 0.05) is 17.5 Å². The fourth-order valence-corrected chi connectivity index (χ4v) is 6.34. The van der Waals surface area contributed by atoms with Crippen LogP contribution in [0.4, 0.5) is 0 Å². The summed E-state index contributed by atoms with van der Waals surface area (Å²) in [6.45, 7) is 0.0667. The van der Waals surface area contributed by atoms with Crippen LogP contribution < -0.4 is 5.32 Å². The monoisotopic (exact) mass is 411 g/mol. The molecule has 7 heteroatoms. The van der Waals surface area contributed by atoms with E-state index < -0.39 is 15.1 Å². The molecule has 1 saturated carbocycles. The van der Waals surface area contributed by atoms with E-state index in [1.165, 1.54) is 17.8 Å². The zero-order chi connectivity index (χ0) is 18.6. The molecule has 1 heterocycles. The minimum Gasteiger partial charge on any atom is -0.354 e. The number of sulfone groups is 1. The third-order valence-electron chi connectivity index (χ3n) is 4.83. The van der Waals surface area contributed by atoms with Gasteiger partial charge < -0.3 is 5.32 Å². The smallest absolute Gasteiger partial charge is 0.223 e. The molecule has 0 unspecified atom stereocenters. The zero-order valence-electron chi connectivity index (χ0n) is 14.4. The van der Waals surface area contributed by atoms with Crippen molar-refractivity contribution in [2.24, 2.45) is 5.92 Å². The Bertz CT molecular complexity index is 826. The van der Waals surface area contributed by atoms with Crippen LogP contribution in [0.2, 0.25) is 5.02 Å². The first-order valence-corrected chi connectivity index (χ1v) is 11.6. The largest absolute Gasteiger partial charge is 0.354 e. The van der Waals surface area contributed by atoms with Gasteiger partial charge in [-0.15, -0.1) is 11.3 Å². The van der Waals surface area contributed by atoms with Crippen molar-refractivity contribution in [3.63, 3.8) is 0 Å². The van der Waals surface area contributed by atoms with Crippen molar-refractivity contribution in [3.8, 4) is 0 Å². The van der Waals surface area contributed by atoms with E-state index in [2.05, 4.69) is 5.32 Å². The van der Waals surface area contributed by atoms with Gasteiger partial charge in [-0.3, -0.25) is 4.79 Å². The number of amides is 1. The van der Waals surface area contributed by atoms with Crippen molar-refractivity contribution in [3.05, 3.63) is 52.4 Å². The van der Waals surface area contributed by atoms with Crippen LogP contribution in [0.3, 0.4) is 0 Å². The number of carbonyl (C=O) groups excluding carboxylic acids is 1. The summed E-state index contributed by atoms with van der Waals surface area (Å²) in [6.07, 6.45) is 5.06. The molecule has 140 valence electrons. The maximum atomic E-state index is 13.1. The van der Waals surface area contributed by atoms with Crippen molar-refractivity contribution in [2.75, 3.05) is 6.54 Å². The molecule has 1 atom stereocenters. The van der Waals surface area contributed by atoms with E-state index >= 15 is 0 Å². The molecule has 1 aromatic carbocycles. The van der Waals surface area contributed by atoms with Gasteiger partial charge in [0.05, 0.1) is 0 Å². The average Bonchev–Trinajstić information content (AvgIpc) is 3.19. The second kappa shape index (κ2) is 8.55. The molecule has 26 heavy (non-hydrogen) atoms. The van der Waals surface area contributed by atoms with E-state index in [0.29, 0.717) is 14.8 Å². The van der Waals surface area contributed by atoms with Crippen LogP contribution in [0.25, 0.3) is 0 Å². The lowest BCUT2D eigenvalue weighted by Crippen LogP contribution is -2.36. The molecule has 4 nitrogen and oxygen atoms in total. The Balaban J connectivity index is 1.81. The van der Waals surface area contributed by atoms with Crippen LogP contribution in [0, 0.1) is 5.92 Å². The Hall–Kier alpha value is -1.37. The van der Waals surface area contributed by atoms with E-state index in [1.54, 1.807) is 41.8 Å². The van der Waals surface area contributed by atoms with Gasteiger partial charge in [-0.05, 0) is 42.0 Å². The van der Waals surface area contributed by atoms with Crippen LogP contribution in [0.1, 0.15) is 42.9 Å². The second-order valence-corrected chi connectivity index (χ2v) is 10.3. The summed E-state index contributed by atoms with van der Waals surface area (Å²) in [4.78, 5) is 12.5. The van der Waals surface area contributed by atoms with Gasteiger partial charge in [0.25, 0.3) is 0 Å². The van der Waals surface area contributed by atoms with Gasteiger partial charge in [-0.25, -0.2) is 8.42 Å². The van der Waals surface area contributed by atoms with Gasteiger partial charge in [-0.1, -0.05) is 49.1 Å². The van der Waals surface area contributed by atoms with Crippen LogP contribution >= 0.6 is 22.9 Å². The first kappa shape index (κ1) is 19.4. The van der Waals surface area contributed by atoms with Crippen LogP contribution in [-0.2, 0) is 14.6 Å². The van der Waals surface area contributed by atoms with Crippen molar-refractivity contribution < 1.29 is 13.2 Å². The molecule has 0 saturated heterocycles. The molecule has 1 aliphatic rings. The minimum atomic E-state index is -3.59. The summed E-state index contributed by atoms with van der Waals surface area (Å²) in [6, 6.07) is 10.1. The SMILES string of the molecule is O=C(NC[C@@H](c1ccc(Cl)cc1)S(=O)(=O)c1cccs1)C1CCCCC1. The molecule has 1 amide bonds. The number of rotatable bonds is 6.